The average Bonchev–Trinajstić information content (AvgIpc) is 3.67. The Bertz CT molecular complexity index is 1900. The molecule has 272 valence electrons. The average molecular weight is 741 g/mol. The standard InChI is InChI=1S/2C19H22N4O2S/c2*1-13-10-14-4-2-3-5-15(14)23(13)19(24)11-16-20-17(12-18(26)21-16)22-6-8-25-9-7-22/h2*2-5,12-13H,6-11H2,1H3,(H,20,21,26)/t2*13-/m10/s1. The van der Waals surface area contributed by atoms with Gasteiger partial charge >= 0.3 is 0 Å². The van der Waals surface area contributed by atoms with Crippen LogP contribution in [0.25, 0.3) is 0 Å². The van der Waals surface area contributed by atoms with Crippen LogP contribution in [0.15, 0.2) is 60.7 Å². The molecule has 4 aliphatic heterocycles. The molecule has 0 aliphatic carbocycles. The van der Waals surface area contributed by atoms with Gasteiger partial charge < -0.3 is 39.0 Å². The number of H-pyrrole nitrogens is 2. The minimum atomic E-state index is 0.0414. The van der Waals surface area contributed by atoms with Gasteiger partial charge in [0.15, 0.2) is 0 Å². The molecule has 52 heavy (non-hydrogen) atoms. The molecule has 2 amide bonds. The second-order valence-corrected chi connectivity index (χ2v) is 14.4. The van der Waals surface area contributed by atoms with E-state index in [9.17, 15) is 9.59 Å². The van der Waals surface area contributed by atoms with Gasteiger partial charge in [-0.1, -0.05) is 60.8 Å². The number of morpholine rings is 2. The Balaban J connectivity index is 0.000000162. The Labute approximate surface area is 313 Å². The molecule has 0 spiro atoms. The van der Waals surface area contributed by atoms with Crippen molar-refractivity contribution < 1.29 is 19.1 Å². The van der Waals surface area contributed by atoms with E-state index < -0.39 is 0 Å². The monoisotopic (exact) mass is 740 g/mol. The van der Waals surface area contributed by atoms with Crippen LogP contribution in [0.1, 0.15) is 36.6 Å². The molecule has 2 saturated heterocycles. The van der Waals surface area contributed by atoms with Crippen molar-refractivity contribution in [3.8, 4) is 0 Å². The number of anilines is 4. The molecule has 0 saturated carbocycles. The highest BCUT2D eigenvalue weighted by atomic mass is 32.1. The fourth-order valence-corrected chi connectivity index (χ4v) is 7.90. The van der Waals surface area contributed by atoms with Gasteiger partial charge in [-0.15, -0.1) is 0 Å². The molecule has 2 atom stereocenters. The summed E-state index contributed by atoms with van der Waals surface area (Å²) in [6, 6.07) is 20.2. The second-order valence-electron chi connectivity index (χ2n) is 13.5. The minimum absolute atomic E-state index is 0.0414. The van der Waals surface area contributed by atoms with Gasteiger partial charge in [-0.05, 0) is 49.9 Å². The number of aromatic nitrogens is 4. The van der Waals surface area contributed by atoms with E-state index in [1.807, 2.05) is 58.3 Å². The molecule has 2 fully saturated rings. The Morgan fingerprint density at radius 2 is 1.06 bits per heavy atom. The molecule has 6 heterocycles. The molecular formula is C38H44N8O4S2. The topological polar surface area (TPSA) is 123 Å². The van der Waals surface area contributed by atoms with Crippen molar-refractivity contribution in [2.75, 3.05) is 72.2 Å². The molecule has 4 aromatic rings. The van der Waals surface area contributed by atoms with Crippen LogP contribution in [-0.2, 0) is 44.7 Å². The first kappa shape index (κ1) is 35.9. The van der Waals surface area contributed by atoms with Gasteiger partial charge in [0.05, 0.1) is 39.3 Å². The number of nitrogens with zero attached hydrogens (tertiary/aromatic N) is 6. The van der Waals surface area contributed by atoms with E-state index in [0.29, 0.717) is 47.4 Å². The van der Waals surface area contributed by atoms with Gasteiger partial charge in [0.2, 0.25) is 11.8 Å². The zero-order valence-corrected chi connectivity index (χ0v) is 31.2. The Hall–Kier alpha value is -4.50. The lowest BCUT2D eigenvalue weighted by Gasteiger charge is -2.28. The first-order valence-corrected chi connectivity index (χ1v) is 18.7. The Morgan fingerprint density at radius 1 is 0.673 bits per heavy atom. The molecule has 2 aromatic heterocycles. The summed E-state index contributed by atoms with van der Waals surface area (Å²) in [5, 5.41) is 0. The number of carbonyl (C=O) groups is 2. The summed E-state index contributed by atoms with van der Waals surface area (Å²) >= 11 is 10.6. The molecule has 0 bridgehead atoms. The number of para-hydroxylation sites is 2. The number of fused-ring (bicyclic) bond motifs is 2. The van der Waals surface area contributed by atoms with Gasteiger partial charge in [-0.2, -0.15) is 0 Å². The lowest BCUT2D eigenvalue weighted by molar-refractivity contribution is -0.119. The maximum atomic E-state index is 13.0. The highest BCUT2D eigenvalue weighted by Gasteiger charge is 2.32. The third-order valence-electron chi connectivity index (χ3n) is 9.85. The summed E-state index contributed by atoms with van der Waals surface area (Å²) in [6.45, 7) is 10.2. The fourth-order valence-electron chi connectivity index (χ4n) is 7.45. The van der Waals surface area contributed by atoms with Crippen LogP contribution in [0.5, 0.6) is 0 Å². The van der Waals surface area contributed by atoms with Crippen LogP contribution in [0, 0.1) is 9.28 Å². The van der Waals surface area contributed by atoms with Gasteiger partial charge in [0.1, 0.15) is 32.6 Å². The van der Waals surface area contributed by atoms with Crippen molar-refractivity contribution in [3.05, 3.63) is 92.7 Å². The molecule has 12 nitrogen and oxygen atoms in total. The molecule has 14 heteroatoms. The lowest BCUT2D eigenvalue weighted by atomic mass is 10.1. The lowest BCUT2D eigenvalue weighted by Crippen LogP contribution is -2.38. The summed E-state index contributed by atoms with van der Waals surface area (Å²) < 4.78 is 11.8. The van der Waals surface area contributed by atoms with E-state index in [4.69, 9.17) is 33.9 Å². The van der Waals surface area contributed by atoms with Crippen molar-refractivity contribution in [3.63, 3.8) is 0 Å². The van der Waals surface area contributed by atoms with Crippen LogP contribution >= 0.6 is 24.4 Å². The zero-order chi connectivity index (χ0) is 36.2. The Morgan fingerprint density at radius 3 is 1.46 bits per heavy atom. The van der Waals surface area contributed by atoms with E-state index >= 15 is 0 Å². The van der Waals surface area contributed by atoms with E-state index in [-0.39, 0.29) is 36.7 Å². The molecule has 2 aromatic carbocycles. The maximum absolute atomic E-state index is 13.0. The predicted molar refractivity (Wildman–Crippen MR) is 207 cm³/mol. The predicted octanol–water partition coefficient (Wildman–Crippen LogP) is 4.99. The van der Waals surface area contributed by atoms with Crippen LogP contribution < -0.4 is 19.6 Å². The molecule has 8 rings (SSSR count). The van der Waals surface area contributed by atoms with Gasteiger partial charge in [-0.3, -0.25) is 9.59 Å². The molecular weight excluding hydrogens is 697 g/mol. The third kappa shape index (κ3) is 8.10. The van der Waals surface area contributed by atoms with E-state index in [1.165, 1.54) is 11.1 Å². The van der Waals surface area contributed by atoms with Crippen molar-refractivity contribution >= 4 is 59.3 Å². The van der Waals surface area contributed by atoms with Crippen LogP contribution in [-0.4, -0.2) is 96.4 Å². The number of hydrogen-bond donors (Lipinski definition) is 2. The SMILES string of the molecule is C[C@@H]1Cc2ccccc2N1C(=O)Cc1nc(=S)cc(N2CCOCC2)[nH]1.C[C@H]1Cc2ccccc2N1C(=O)Cc1nc(=S)cc(N2CCOCC2)[nH]1. The molecule has 0 radical (unpaired) electrons. The maximum Gasteiger partial charge on any atom is 0.234 e. The number of carbonyl (C=O) groups excluding carboxylic acids is 2. The van der Waals surface area contributed by atoms with Crippen LogP contribution in [0.3, 0.4) is 0 Å². The fraction of sp³-hybridized carbons (Fsp3) is 0.421. The number of ether oxygens (including phenoxy) is 2. The van der Waals surface area contributed by atoms with Crippen LogP contribution in [0.4, 0.5) is 23.0 Å². The number of aromatic amines is 2. The summed E-state index contributed by atoms with van der Waals surface area (Å²) in [6.07, 6.45) is 2.19. The zero-order valence-electron chi connectivity index (χ0n) is 29.5. The Kier molecular flexibility index (Phi) is 11.1. The molecule has 2 N–H and O–H groups in total. The van der Waals surface area contributed by atoms with Crippen molar-refractivity contribution in [2.45, 2.75) is 51.6 Å². The highest BCUT2D eigenvalue weighted by molar-refractivity contribution is 7.71. The van der Waals surface area contributed by atoms with Crippen molar-refractivity contribution in [2.24, 2.45) is 0 Å². The van der Waals surface area contributed by atoms with Crippen LogP contribution in [0.2, 0.25) is 0 Å². The normalized spacial score (nSPS) is 19.5. The summed E-state index contributed by atoms with van der Waals surface area (Å²) in [7, 11) is 0. The minimum Gasteiger partial charge on any atom is -0.378 e. The van der Waals surface area contributed by atoms with Crippen molar-refractivity contribution in [1.82, 2.24) is 19.9 Å². The summed E-state index contributed by atoms with van der Waals surface area (Å²) in [5.74, 6) is 3.12. The van der Waals surface area contributed by atoms with Gasteiger partial charge in [0, 0.05) is 61.8 Å². The third-order valence-corrected chi connectivity index (χ3v) is 10.3. The smallest absolute Gasteiger partial charge is 0.234 e. The quantitative estimate of drug-likeness (QED) is 0.262. The van der Waals surface area contributed by atoms with E-state index in [2.05, 4.69) is 55.7 Å². The highest BCUT2D eigenvalue weighted by Crippen LogP contribution is 2.33. The van der Waals surface area contributed by atoms with Gasteiger partial charge in [-0.25, -0.2) is 9.97 Å². The second kappa shape index (κ2) is 16.0. The van der Waals surface area contributed by atoms with Crippen molar-refractivity contribution in [1.29, 1.82) is 0 Å². The first-order valence-electron chi connectivity index (χ1n) is 17.9. The number of nitrogens with one attached hydrogen (secondary N) is 2. The first-order chi connectivity index (χ1) is 25.2. The number of rotatable bonds is 6. The molecule has 0 unspecified atom stereocenters. The number of benzene rings is 2. The molecule has 4 aliphatic rings. The number of hydrogen-bond acceptors (Lipinski definition) is 10. The number of amides is 2. The van der Waals surface area contributed by atoms with Gasteiger partial charge in [0.25, 0.3) is 0 Å². The van der Waals surface area contributed by atoms with E-state index in [1.54, 1.807) is 0 Å². The largest absolute Gasteiger partial charge is 0.378 e. The van der Waals surface area contributed by atoms with E-state index in [0.717, 1.165) is 62.0 Å². The summed E-state index contributed by atoms with van der Waals surface area (Å²) in [4.78, 5) is 49.4. The summed E-state index contributed by atoms with van der Waals surface area (Å²) in [5.41, 5.74) is 4.45.